The molecule has 0 saturated carbocycles. The van der Waals surface area contributed by atoms with E-state index in [2.05, 4.69) is 29.2 Å². The number of likely N-dealkylation sites (tertiary alicyclic amines) is 1. The highest BCUT2D eigenvalue weighted by atomic mass is 15.2. The van der Waals surface area contributed by atoms with Gasteiger partial charge in [0.05, 0.1) is 0 Å². The van der Waals surface area contributed by atoms with Crippen LogP contribution in [-0.2, 0) is 6.42 Å². The topological polar surface area (TPSA) is 29.3 Å². The summed E-state index contributed by atoms with van der Waals surface area (Å²) in [6.07, 6.45) is 4.99. The van der Waals surface area contributed by atoms with Crippen LogP contribution in [0.5, 0.6) is 0 Å². The first-order valence-electron chi connectivity index (χ1n) is 6.42. The van der Waals surface area contributed by atoms with Crippen molar-refractivity contribution in [3.8, 4) is 0 Å². The standard InChI is InChI=1S/C14H20N2/c15-12-5-3-9-16(10-12)14-8-7-11-4-1-2-6-13(11)14/h1-2,4,6,12,14H,3,5,7-10,15H2. The van der Waals surface area contributed by atoms with Gasteiger partial charge in [0.25, 0.3) is 0 Å². The lowest BCUT2D eigenvalue weighted by atomic mass is 10.0. The SMILES string of the molecule is NC1CCCN(C2CCc3ccccc32)C1. The second-order valence-electron chi connectivity index (χ2n) is 5.15. The maximum Gasteiger partial charge on any atom is 0.0354 e. The van der Waals surface area contributed by atoms with Crippen LogP contribution in [0.25, 0.3) is 0 Å². The van der Waals surface area contributed by atoms with Crippen LogP contribution >= 0.6 is 0 Å². The molecule has 2 nitrogen and oxygen atoms in total. The number of hydrogen-bond acceptors (Lipinski definition) is 2. The van der Waals surface area contributed by atoms with Crippen molar-refractivity contribution in [1.82, 2.24) is 4.90 Å². The molecule has 1 heterocycles. The van der Waals surface area contributed by atoms with Crippen molar-refractivity contribution in [1.29, 1.82) is 0 Å². The Morgan fingerprint density at radius 2 is 2.06 bits per heavy atom. The summed E-state index contributed by atoms with van der Waals surface area (Å²) in [6.45, 7) is 2.31. The minimum absolute atomic E-state index is 0.390. The zero-order valence-corrected chi connectivity index (χ0v) is 9.73. The van der Waals surface area contributed by atoms with E-state index in [-0.39, 0.29) is 0 Å². The maximum atomic E-state index is 6.07. The van der Waals surface area contributed by atoms with Crippen LogP contribution in [0.1, 0.15) is 36.4 Å². The van der Waals surface area contributed by atoms with Gasteiger partial charge in [-0.15, -0.1) is 0 Å². The zero-order chi connectivity index (χ0) is 11.0. The minimum Gasteiger partial charge on any atom is -0.327 e. The maximum absolute atomic E-state index is 6.07. The molecule has 2 heteroatoms. The van der Waals surface area contributed by atoms with Crippen molar-refractivity contribution < 1.29 is 0 Å². The van der Waals surface area contributed by atoms with Gasteiger partial charge in [-0.3, -0.25) is 4.90 Å². The first-order valence-corrected chi connectivity index (χ1v) is 6.42. The summed E-state index contributed by atoms with van der Waals surface area (Å²) in [7, 11) is 0. The van der Waals surface area contributed by atoms with E-state index in [1.807, 2.05) is 0 Å². The van der Waals surface area contributed by atoms with Crippen LogP contribution in [0.3, 0.4) is 0 Å². The van der Waals surface area contributed by atoms with Gasteiger partial charge in [0, 0.05) is 18.6 Å². The van der Waals surface area contributed by atoms with Gasteiger partial charge in [-0.05, 0) is 43.4 Å². The zero-order valence-electron chi connectivity index (χ0n) is 9.73. The number of benzene rings is 1. The summed E-state index contributed by atoms with van der Waals surface area (Å²) in [5.74, 6) is 0. The number of rotatable bonds is 1. The molecule has 2 N–H and O–H groups in total. The molecule has 86 valence electrons. The third-order valence-electron chi connectivity index (χ3n) is 4.03. The molecule has 2 aliphatic rings. The second-order valence-corrected chi connectivity index (χ2v) is 5.15. The number of hydrogen-bond donors (Lipinski definition) is 1. The summed E-state index contributed by atoms with van der Waals surface area (Å²) in [5, 5.41) is 0. The molecular weight excluding hydrogens is 196 g/mol. The van der Waals surface area contributed by atoms with Gasteiger partial charge in [0.1, 0.15) is 0 Å². The van der Waals surface area contributed by atoms with Gasteiger partial charge in [0.15, 0.2) is 0 Å². The number of nitrogens with two attached hydrogens (primary N) is 1. The molecular formula is C14H20N2. The quantitative estimate of drug-likeness (QED) is 0.779. The fraction of sp³-hybridized carbons (Fsp3) is 0.571. The number of piperidine rings is 1. The summed E-state index contributed by atoms with van der Waals surface area (Å²) >= 11 is 0. The average molecular weight is 216 g/mol. The second kappa shape index (κ2) is 4.19. The average Bonchev–Trinajstić information content (AvgIpc) is 2.72. The van der Waals surface area contributed by atoms with Gasteiger partial charge in [0.2, 0.25) is 0 Å². The smallest absolute Gasteiger partial charge is 0.0354 e. The van der Waals surface area contributed by atoms with Gasteiger partial charge in [-0.2, -0.15) is 0 Å². The molecule has 0 radical (unpaired) electrons. The van der Waals surface area contributed by atoms with Gasteiger partial charge in [-0.25, -0.2) is 0 Å². The molecule has 1 fully saturated rings. The van der Waals surface area contributed by atoms with E-state index >= 15 is 0 Å². The van der Waals surface area contributed by atoms with Crippen LogP contribution in [0.15, 0.2) is 24.3 Å². The van der Waals surface area contributed by atoms with E-state index in [4.69, 9.17) is 5.73 Å². The molecule has 1 saturated heterocycles. The summed E-state index contributed by atoms with van der Waals surface area (Å²) < 4.78 is 0. The Bertz CT molecular complexity index is 375. The van der Waals surface area contributed by atoms with Crippen molar-refractivity contribution >= 4 is 0 Å². The molecule has 1 aromatic carbocycles. The Morgan fingerprint density at radius 1 is 1.19 bits per heavy atom. The van der Waals surface area contributed by atoms with E-state index < -0.39 is 0 Å². The lowest BCUT2D eigenvalue weighted by molar-refractivity contribution is 0.149. The van der Waals surface area contributed by atoms with E-state index in [0.717, 1.165) is 6.54 Å². The van der Waals surface area contributed by atoms with E-state index in [9.17, 15) is 0 Å². The lowest BCUT2D eigenvalue weighted by Crippen LogP contribution is -2.44. The van der Waals surface area contributed by atoms with Crippen molar-refractivity contribution in [2.24, 2.45) is 5.73 Å². The van der Waals surface area contributed by atoms with E-state index in [0.29, 0.717) is 12.1 Å². The van der Waals surface area contributed by atoms with E-state index in [1.54, 1.807) is 11.1 Å². The van der Waals surface area contributed by atoms with Gasteiger partial charge in [-0.1, -0.05) is 24.3 Å². The van der Waals surface area contributed by atoms with Crippen molar-refractivity contribution in [2.45, 2.75) is 37.8 Å². The molecule has 3 rings (SSSR count). The monoisotopic (exact) mass is 216 g/mol. The molecule has 2 atom stereocenters. The van der Waals surface area contributed by atoms with Crippen LogP contribution in [0.4, 0.5) is 0 Å². The predicted molar refractivity (Wildman–Crippen MR) is 66.3 cm³/mol. The minimum atomic E-state index is 0.390. The Kier molecular flexibility index (Phi) is 2.70. The van der Waals surface area contributed by atoms with Crippen LogP contribution in [0, 0.1) is 0 Å². The number of aryl methyl sites for hydroxylation is 1. The van der Waals surface area contributed by atoms with Crippen LogP contribution < -0.4 is 5.73 Å². The normalized spacial score (nSPS) is 30.3. The van der Waals surface area contributed by atoms with Gasteiger partial charge < -0.3 is 5.73 Å². The van der Waals surface area contributed by atoms with E-state index in [1.165, 1.54) is 32.2 Å². The summed E-state index contributed by atoms with van der Waals surface area (Å²) in [6, 6.07) is 9.93. The Morgan fingerprint density at radius 3 is 2.94 bits per heavy atom. The number of nitrogens with zero attached hydrogens (tertiary/aromatic N) is 1. The molecule has 2 unspecified atom stereocenters. The first-order chi connectivity index (χ1) is 7.84. The number of fused-ring (bicyclic) bond motifs is 1. The van der Waals surface area contributed by atoms with Crippen molar-refractivity contribution in [3.05, 3.63) is 35.4 Å². The third kappa shape index (κ3) is 1.76. The Balaban J connectivity index is 1.81. The molecule has 0 bridgehead atoms. The highest BCUT2D eigenvalue weighted by Gasteiger charge is 2.29. The molecule has 1 aliphatic carbocycles. The highest BCUT2D eigenvalue weighted by Crippen LogP contribution is 2.36. The van der Waals surface area contributed by atoms with Crippen LogP contribution in [-0.4, -0.2) is 24.0 Å². The predicted octanol–water partition coefficient (Wildman–Crippen LogP) is 2.10. The first kappa shape index (κ1) is 10.3. The molecule has 16 heavy (non-hydrogen) atoms. The van der Waals surface area contributed by atoms with Crippen molar-refractivity contribution in [2.75, 3.05) is 13.1 Å². The lowest BCUT2D eigenvalue weighted by Gasteiger charge is -2.35. The largest absolute Gasteiger partial charge is 0.327 e. The summed E-state index contributed by atoms with van der Waals surface area (Å²) in [4.78, 5) is 2.60. The highest BCUT2D eigenvalue weighted by molar-refractivity contribution is 5.34. The third-order valence-corrected chi connectivity index (χ3v) is 4.03. The Hall–Kier alpha value is -0.860. The van der Waals surface area contributed by atoms with Gasteiger partial charge >= 0.3 is 0 Å². The molecule has 0 spiro atoms. The Labute approximate surface area is 97.4 Å². The summed E-state index contributed by atoms with van der Waals surface area (Å²) in [5.41, 5.74) is 9.17. The molecule has 1 aliphatic heterocycles. The molecule has 0 aromatic heterocycles. The van der Waals surface area contributed by atoms with Crippen LogP contribution in [0.2, 0.25) is 0 Å². The van der Waals surface area contributed by atoms with Crippen molar-refractivity contribution in [3.63, 3.8) is 0 Å². The molecule has 0 amide bonds. The molecule has 1 aromatic rings. The fourth-order valence-electron chi connectivity index (χ4n) is 3.24. The fourth-order valence-corrected chi connectivity index (χ4v) is 3.24.